The molecule has 2 N–H and O–H groups in total. The second-order valence-electron chi connectivity index (χ2n) is 6.37. The Labute approximate surface area is 168 Å². The summed E-state index contributed by atoms with van der Waals surface area (Å²) in [7, 11) is 2.07. The van der Waals surface area contributed by atoms with Gasteiger partial charge in [0.1, 0.15) is 0 Å². The fourth-order valence-corrected chi connectivity index (χ4v) is 3.34. The lowest BCUT2D eigenvalue weighted by Gasteiger charge is -2.30. The number of amides is 1. The molecule has 0 unspecified atom stereocenters. The second kappa shape index (κ2) is 9.70. The summed E-state index contributed by atoms with van der Waals surface area (Å²) in [6.45, 7) is 3.91. The van der Waals surface area contributed by atoms with Gasteiger partial charge < -0.3 is 15.5 Å². The summed E-state index contributed by atoms with van der Waals surface area (Å²) in [5, 5.41) is 0. The molecule has 26 heavy (non-hydrogen) atoms. The molecule has 3 rings (SSSR count). The average Bonchev–Trinajstić information content (AvgIpc) is 2.61. The number of benzene rings is 2. The van der Waals surface area contributed by atoms with Gasteiger partial charge in [-0.2, -0.15) is 0 Å². The van der Waals surface area contributed by atoms with Crippen molar-refractivity contribution >= 4 is 47.8 Å². The van der Waals surface area contributed by atoms with E-state index >= 15 is 0 Å². The molecule has 0 saturated heterocycles. The highest BCUT2D eigenvalue weighted by atomic mass is 35.5. The lowest BCUT2D eigenvalue weighted by Crippen LogP contribution is -2.35. The number of anilines is 3. The summed E-state index contributed by atoms with van der Waals surface area (Å²) in [4.78, 5) is 17.0. The molecule has 2 aromatic carbocycles. The number of fused-ring (bicyclic) bond motifs is 1. The van der Waals surface area contributed by atoms with Gasteiger partial charge in [0.05, 0.1) is 0 Å². The summed E-state index contributed by atoms with van der Waals surface area (Å²) in [5.41, 5.74) is 10.8. The zero-order valence-electron chi connectivity index (χ0n) is 15.3. The van der Waals surface area contributed by atoms with Crippen molar-refractivity contribution in [3.8, 4) is 0 Å². The zero-order chi connectivity index (χ0) is 17.1. The summed E-state index contributed by atoms with van der Waals surface area (Å²) in [6.07, 6.45) is 2.99. The Kier molecular flexibility index (Phi) is 8.25. The van der Waals surface area contributed by atoms with Crippen LogP contribution in [0.2, 0.25) is 0 Å². The van der Waals surface area contributed by atoms with E-state index in [1.54, 1.807) is 0 Å². The van der Waals surface area contributed by atoms with E-state index in [0.717, 1.165) is 60.5 Å². The Morgan fingerprint density at radius 1 is 1.15 bits per heavy atom. The van der Waals surface area contributed by atoms with Crippen molar-refractivity contribution in [2.75, 3.05) is 35.7 Å². The van der Waals surface area contributed by atoms with Gasteiger partial charge in [-0.05, 0) is 61.2 Å². The predicted octanol–water partition coefficient (Wildman–Crippen LogP) is 4.55. The van der Waals surface area contributed by atoms with Gasteiger partial charge in [0.2, 0.25) is 0 Å². The number of nitrogens with zero attached hydrogens (tertiary/aromatic N) is 2. The molecule has 2 aromatic rings. The number of carbonyl (C=O) groups excluding carboxylic acids is 1. The maximum absolute atomic E-state index is 13.0. The van der Waals surface area contributed by atoms with Crippen LogP contribution < -0.4 is 15.5 Å². The fraction of sp³-hybridized carbons (Fsp3) is 0.350. The van der Waals surface area contributed by atoms with Crippen molar-refractivity contribution in [2.45, 2.75) is 26.2 Å². The number of halogens is 2. The van der Waals surface area contributed by atoms with Crippen LogP contribution in [0.5, 0.6) is 0 Å². The van der Waals surface area contributed by atoms with Crippen LogP contribution in [0.25, 0.3) is 0 Å². The standard InChI is InChI=1S/C20H25N3O.2ClH/c1-3-13-22(2)16-11-9-15(10-12-16)20(24)23-14-5-6-17-18(21)7-4-8-19(17)23;;/h4,7-12H,3,5-6,13-14,21H2,1-2H3;2*1H. The van der Waals surface area contributed by atoms with Crippen molar-refractivity contribution in [2.24, 2.45) is 0 Å². The Morgan fingerprint density at radius 3 is 2.50 bits per heavy atom. The van der Waals surface area contributed by atoms with E-state index in [0.29, 0.717) is 0 Å². The zero-order valence-corrected chi connectivity index (χ0v) is 16.9. The minimum absolute atomic E-state index is 0. The van der Waals surface area contributed by atoms with E-state index < -0.39 is 0 Å². The molecule has 1 heterocycles. The highest BCUT2D eigenvalue weighted by molar-refractivity contribution is 6.07. The van der Waals surface area contributed by atoms with E-state index in [4.69, 9.17) is 5.73 Å². The molecular weight excluding hydrogens is 369 g/mol. The van der Waals surface area contributed by atoms with Crippen molar-refractivity contribution in [1.82, 2.24) is 0 Å². The van der Waals surface area contributed by atoms with Gasteiger partial charge >= 0.3 is 0 Å². The predicted molar refractivity (Wildman–Crippen MR) is 115 cm³/mol. The molecule has 1 aliphatic rings. The van der Waals surface area contributed by atoms with Gasteiger partial charge in [-0.15, -0.1) is 24.8 Å². The van der Waals surface area contributed by atoms with Crippen LogP contribution >= 0.6 is 24.8 Å². The molecule has 4 nitrogen and oxygen atoms in total. The van der Waals surface area contributed by atoms with Crippen molar-refractivity contribution in [3.05, 3.63) is 53.6 Å². The van der Waals surface area contributed by atoms with E-state index in [2.05, 4.69) is 18.9 Å². The summed E-state index contributed by atoms with van der Waals surface area (Å²) in [6, 6.07) is 13.7. The van der Waals surface area contributed by atoms with Gasteiger partial charge in [0.25, 0.3) is 5.91 Å². The highest BCUT2D eigenvalue weighted by Crippen LogP contribution is 2.32. The molecular formula is C20H27Cl2N3O. The van der Waals surface area contributed by atoms with Crippen LogP contribution in [0.4, 0.5) is 17.1 Å². The lowest BCUT2D eigenvalue weighted by atomic mass is 9.99. The van der Waals surface area contributed by atoms with Crippen molar-refractivity contribution in [1.29, 1.82) is 0 Å². The van der Waals surface area contributed by atoms with Crippen LogP contribution in [0.1, 0.15) is 35.7 Å². The molecule has 0 saturated carbocycles. The molecule has 0 aromatic heterocycles. The molecule has 1 amide bonds. The first-order valence-corrected chi connectivity index (χ1v) is 8.62. The first-order valence-electron chi connectivity index (χ1n) is 8.62. The minimum Gasteiger partial charge on any atom is -0.398 e. The van der Waals surface area contributed by atoms with E-state index in [1.807, 2.05) is 47.4 Å². The summed E-state index contributed by atoms with van der Waals surface area (Å²) >= 11 is 0. The Morgan fingerprint density at radius 2 is 1.85 bits per heavy atom. The molecule has 1 aliphatic heterocycles. The number of nitrogens with two attached hydrogens (primary N) is 1. The van der Waals surface area contributed by atoms with E-state index in [1.165, 1.54) is 0 Å². The Bertz CT molecular complexity index is 734. The first-order chi connectivity index (χ1) is 11.6. The number of hydrogen-bond donors (Lipinski definition) is 1. The monoisotopic (exact) mass is 395 g/mol. The fourth-order valence-electron chi connectivity index (χ4n) is 3.34. The quantitative estimate of drug-likeness (QED) is 0.772. The number of carbonyl (C=O) groups is 1. The number of hydrogen-bond acceptors (Lipinski definition) is 3. The molecule has 0 bridgehead atoms. The molecule has 0 radical (unpaired) electrons. The number of nitrogen functional groups attached to an aromatic ring is 1. The SMILES string of the molecule is CCCN(C)c1ccc(C(=O)N2CCCc3c(N)cccc32)cc1.Cl.Cl. The Hall–Kier alpha value is -1.91. The molecule has 0 aliphatic carbocycles. The topological polar surface area (TPSA) is 49.6 Å². The normalized spacial score (nSPS) is 12.5. The maximum atomic E-state index is 13.0. The van der Waals surface area contributed by atoms with Crippen LogP contribution in [0, 0.1) is 0 Å². The smallest absolute Gasteiger partial charge is 0.258 e. The second-order valence-corrected chi connectivity index (χ2v) is 6.37. The third-order valence-corrected chi connectivity index (χ3v) is 4.65. The minimum atomic E-state index is 0. The van der Waals surface area contributed by atoms with Crippen molar-refractivity contribution < 1.29 is 4.79 Å². The average molecular weight is 396 g/mol. The van der Waals surface area contributed by atoms with Gasteiger partial charge in [-0.1, -0.05) is 13.0 Å². The van der Waals surface area contributed by atoms with E-state index in [-0.39, 0.29) is 30.7 Å². The third kappa shape index (κ3) is 4.43. The van der Waals surface area contributed by atoms with Crippen molar-refractivity contribution in [3.63, 3.8) is 0 Å². The summed E-state index contributed by atoms with van der Waals surface area (Å²) in [5.74, 6) is 0.0474. The first kappa shape index (κ1) is 22.1. The molecule has 6 heteroatoms. The third-order valence-electron chi connectivity index (χ3n) is 4.65. The van der Waals surface area contributed by atoms with Crippen LogP contribution in [0.15, 0.2) is 42.5 Å². The molecule has 142 valence electrons. The highest BCUT2D eigenvalue weighted by Gasteiger charge is 2.24. The molecule has 0 fully saturated rings. The van der Waals surface area contributed by atoms with Gasteiger partial charge in [0.15, 0.2) is 0 Å². The largest absolute Gasteiger partial charge is 0.398 e. The van der Waals surface area contributed by atoms with Crippen LogP contribution in [0.3, 0.4) is 0 Å². The molecule has 0 spiro atoms. The van der Waals surface area contributed by atoms with E-state index in [9.17, 15) is 4.79 Å². The summed E-state index contributed by atoms with van der Waals surface area (Å²) < 4.78 is 0. The maximum Gasteiger partial charge on any atom is 0.258 e. The lowest BCUT2D eigenvalue weighted by molar-refractivity contribution is 0.0985. The Balaban J connectivity index is 0.00000169. The van der Waals surface area contributed by atoms with Gasteiger partial charge in [-0.25, -0.2) is 0 Å². The van der Waals surface area contributed by atoms with Crippen LogP contribution in [-0.2, 0) is 6.42 Å². The number of rotatable bonds is 4. The molecule has 0 atom stereocenters. The van der Waals surface area contributed by atoms with Crippen LogP contribution in [-0.4, -0.2) is 26.0 Å². The van der Waals surface area contributed by atoms with Gasteiger partial charge in [-0.3, -0.25) is 4.79 Å². The van der Waals surface area contributed by atoms with Gasteiger partial charge in [0, 0.05) is 42.8 Å².